The molecule has 2 aromatic rings. The van der Waals surface area contributed by atoms with Crippen LogP contribution in [0.5, 0.6) is 0 Å². The normalized spacial score (nSPS) is 11.5. The Bertz CT molecular complexity index is 987. The molecule has 0 bridgehead atoms. The zero-order chi connectivity index (χ0) is 21.1. The maximum atomic E-state index is 12.8. The maximum absolute atomic E-state index is 12.8. The average Bonchev–Trinajstić information content (AvgIpc) is 3.15. The molecule has 2 aromatic heterocycles. The summed E-state index contributed by atoms with van der Waals surface area (Å²) in [5.74, 6) is 0.0292. The lowest BCUT2D eigenvalue weighted by Gasteiger charge is -2.09. The molecule has 0 aliphatic rings. The molecular weight excluding hydrogens is 386 g/mol. The van der Waals surface area contributed by atoms with Gasteiger partial charge < -0.3 is 19.0 Å². The van der Waals surface area contributed by atoms with Crippen molar-refractivity contribution in [2.45, 2.75) is 39.1 Å². The second kappa shape index (κ2) is 8.61. The van der Waals surface area contributed by atoms with Gasteiger partial charge in [0.05, 0.1) is 19.7 Å². The Morgan fingerprint density at radius 3 is 2.43 bits per heavy atom. The van der Waals surface area contributed by atoms with Crippen molar-refractivity contribution < 1.29 is 27.2 Å². The summed E-state index contributed by atoms with van der Waals surface area (Å²) < 4.78 is 39.8. The second-order valence-electron chi connectivity index (χ2n) is 6.27. The molecule has 0 aliphatic carbocycles. The number of amides is 1. The highest BCUT2D eigenvalue weighted by Gasteiger charge is 2.31. The molecule has 0 saturated carbocycles. The number of nitrogens with one attached hydrogen (secondary N) is 2. The summed E-state index contributed by atoms with van der Waals surface area (Å²) in [7, 11) is -2.46. The molecule has 0 radical (unpaired) electrons. The van der Waals surface area contributed by atoms with E-state index in [0.717, 1.165) is 0 Å². The minimum absolute atomic E-state index is 0.0270. The van der Waals surface area contributed by atoms with Gasteiger partial charge in [-0.25, -0.2) is 17.9 Å². The SMILES string of the molecule is CCOC(=O)c1c(S(=O)(=O)NCC(=O)NCc2ccc(C)o2)c(C)n(C)c1C. The molecule has 154 valence electrons. The summed E-state index contributed by atoms with van der Waals surface area (Å²) >= 11 is 0. The van der Waals surface area contributed by atoms with Gasteiger partial charge in [-0.05, 0) is 39.8 Å². The minimum atomic E-state index is -4.12. The Morgan fingerprint density at radius 1 is 1.18 bits per heavy atom. The van der Waals surface area contributed by atoms with E-state index in [0.29, 0.717) is 22.9 Å². The predicted octanol–water partition coefficient (Wildman–Crippen LogP) is 1.31. The molecule has 28 heavy (non-hydrogen) atoms. The van der Waals surface area contributed by atoms with E-state index in [9.17, 15) is 18.0 Å². The fourth-order valence-electron chi connectivity index (χ4n) is 2.75. The number of hydrogen-bond donors (Lipinski definition) is 2. The van der Waals surface area contributed by atoms with Gasteiger partial charge in [-0.15, -0.1) is 0 Å². The van der Waals surface area contributed by atoms with Crippen molar-refractivity contribution in [3.63, 3.8) is 0 Å². The quantitative estimate of drug-likeness (QED) is 0.632. The molecule has 2 N–H and O–H groups in total. The molecule has 1 amide bonds. The monoisotopic (exact) mass is 411 g/mol. The summed E-state index contributed by atoms with van der Waals surface area (Å²) in [5, 5.41) is 2.57. The van der Waals surface area contributed by atoms with E-state index in [1.165, 1.54) is 0 Å². The Balaban J connectivity index is 2.14. The summed E-state index contributed by atoms with van der Waals surface area (Å²) in [6.45, 7) is 6.43. The van der Waals surface area contributed by atoms with Crippen molar-refractivity contribution in [3.05, 3.63) is 40.6 Å². The number of carbonyl (C=O) groups is 2. The van der Waals surface area contributed by atoms with Gasteiger partial charge >= 0.3 is 5.97 Å². The molecule has 0 atom stereocenters. The van der Waals surface area contributed by atoms with Crippen LogP contribution >= 0.6 is 0 Å². The minimum Gasteiger partial charge on any atom is -0.465 e. The summed E-state index contributed by atoms with van der Waals surface area (Å²) in [6, 6.07) is 3.49. The van der Waals surface area contributed by atoms with E-state index in [-0.39, 0.29) is 23.6 Å². The lowest BCUT2D eigenvalue weighted by molar-refractivity contribution is -0.120. The van der Waals surface area contributed by atoms with Crippen LogP contribution in [-0.2, 0) is 33.1 Å². The third kappa shape index (κ3) is 4.63. The van der Waals surface area contributed by atoms with Crippen molar-refractivity contribution in [3.8, 4) is 0 Å². The van der Waals surface area contributed by atoms with Crippen LogP contribution in [0.15, 0.2) is 21.4 Å². The molecule has 2 heterocycles. The van der Waals surface area contributed by atoms with Gasteiger partial charge in [0.15, 0.2) is 0 Å². The number of furan rings is 1. The standard InChI is InChI=1S/C18H25N3O6S/c1-6-26-18(23)16-12(3)21(5)13(4)17(16)28(24,25)20-10-15(22)19-9-14-8-7-11(2)27-14/h7-8,20H,6,9-10H2,1-5H3,(H,19,22). The number of carbonyl (C=O) groups excluding carboxylic acids is 2. The first-order valence-corrected chi connectivity index (χ1v) is 10.2. The van der Waals surface area contributed by atoms with Crippen molar-refractivity contribution in [1.82, 2.24) is 14.6 Å². The van der Waals surface area contributed by atoms with Crippen LogP contribution in [0.25, 0.3) is 0 Å². The third-order valence-electron chi connectivity index (χ3n) is 4.35. The molecule has 2 rings (SSSR count). The van der Waals surface area contributed by atoms with Gasteiger partial charge in [-0.2, -0.15) is 0 Å². The fourth-order valence-corrected chi connectivity index (χ4v) is 4.24. The lowest BCUT2D eigenvalue weighted by atomic mass is 10.2. The van der Waals surface area contributed by atoms with E-state index >= 15 is 0 Å². The number of aromatic nitrogens is 1. The number of rotatable bonds is 8. The van der Waals surface area contributed by atoms with E-state index in [1.54, 1.807) is 51.4 Å². The Hall–Kier alpha value is -2.59. The number of esters is 1. The molecule has 9 nitrogen and oxygen atoms in total. The van der Waals surface area contributed by atoms with Gasteiger partial charge in [0, 0.05) is 18.4 Å². The Morgan fingerprint density at radius 2 is 1.86 bits per heavy atom. The van der Waals surface area contributed by atoms with Gasteiger partial charge in [0.1, 0.15) is 22.0 Å². The first-order chi connectivity index (χ1) is 13.1. The maximum Gasteiger partial charge on any atom is 0.341 e. The zero-order valence-electron chi connectivity index (χ0n) is 16.6. The molecular formula is C18H25N3O6S. The number of hydrogen-bond acceptors (Lipinski definition) is 6. The molecule has 0 aliphatic heterocycles. The topological polar surface area (TPSA) is 120 Å². The highest BCUT2D eigenvalue weighted by molar-refractivity contribution is 7.89. The molecule has 0 spiro atoms. The smallest absolute Gasteiger partial charge is 0.341 e. The molecule has 0 aromatic carbocycles. The summed E-state index contributed by atoms with van der Waals surface area (Å²) in [6.07, 6.45) is 0. The van der Waals surface area contributed by atoms with Crippen molar-refractivity contribution in [1.29, 1.82) is 0 Å². The number of ether oxygens (including phenoxy) is 1. The first-order valence-electron chi connectivity index (χ1n) is 8.73. The van der Waals surface area contributed by atoms with E-state index in [2.05, 4.69) is 10.0 Å². The van der Waals surface area contributed by atoms with Crippen LogP contribution in [0.1, 0.15) is 40.2 Å². The van der Waals surface area contributed by atoms with Crippen LogP contribution in [0.4, 0.5) is 0 Å². The highest BCUT2D eigenvalue weighted by Crippen LogP contribution is 2.26. The third-order valence-corrected chi connectivity index (χ3v) is 5.91. The second-order valence-corrected chi connectivity index (χ2v) is 7.97. The first kappa shape index (κ1) is 21.7. The number of sulfonamides is 1. The average molecular weight is 411 g/mol. The molecule has 0 fully saturated rings. The molecule has 0 saturated heterocycles. The van der Waals surface area contributed by atoms with Gasteiger partial charge in [-0.3, -0.25) is 4.79 Å². The Kier molecular flexibility index (Phi) is 6.68. The Labute approximate surface area is 164 Å². The van der Waals surface area contributed by atoms with Crippen LogP contribution in [0, 0.1) is 20.8 Å². The van der Waals surface area contributed by atoms with Gasteiger partial charge in [0.2, 0.25) is 15.9 Å². The number of aryl methyl sites for hydroxylation is 1. The predicted molar refractivity (Wildman–Crippen MR) is 101 cm³/mol. The van der Waals surface area contributed by atoms with E-state index < -0.39 is 28.4 Å². The lowest BCUT2D eigenvalue weighted by Crippen LogP contribution is -2.37. The van der Waals surface area contributed by atoms with Crippen LogP contribution in [0.2, 0.25) is 0 Å². The van der Waals surface area contributed by atoms with Crippen molar-refractivity contribution in [2.75, 3.05) is 13.2 Å². The largest absolute Gasteiger partial charge is 0.465 e. The van der Waals surface area contributed by atoms with Crippen molar-refractivity contribution in [2.24, 2.45) is 7.05 Å². The van der Waals surface area contributed by atoms with Crippen LogP contribution < -0.4 is 10.0 Å². The summed E-state index contributed by atoms with van der Waals surface area (Å²) in [5.41, 5.74) is 0.814. The van der Waals surface area contributed by atoms with Crippen LogP contribution in [-0.4, -0.2) is 38.0 Å². The molecule has 10 heteroatoms. The zero-order valence-corrected chi connectivity index (χ0v) is 17.4. The van der Waals surface area contributed by atoms with Gasteiger partial charge in [-0.1, -0.05) is 0 Å². The van der Waals surface area contributed by atoms with E-state index in [4.69, 9.17) is 9.15 Å². The number of nitrogens with zero attached hydrogens (tertiary/aromatic N) is 1. The van der Waals surface area contributed by atoms with Gasteiger partial charge in [0.25, 0.3) is 0 Å². The van der Waals surface area contributed by atoms with Crippen molar-refractivity contribution >= 4 is 21.9 Å². The van der Waals surface area contributed by atoms with Crippen LogP contribution in [0.3, 0.4) is 0 Å². The fraction of sp³-hybridized carbons (Fsp3) is 0.444. The van der Waals surface area contributed by atoms with E-state index in [1.807, 2.05) is 0 Å². The highest BCUT2D eigenvalue weighted by atomic mass is 32.2. The molecule has 0 unspecified atom stereocenters. The summed E-state index contributed by atoms with van der Waals surface area (Å²) in [4.78, 5) is 24.1.